The van der Waals surface area contributed by atoms with Gasteiger partial charge in [0.2, 0.25) is 0 Å². The summed E-state index contributed by atoms with van der Waals surface area (Å²) in [5.41, 5.74) is 6.21. The van der Waals surface area contributed by atoms with E-state index < -0.39 is 0 Å². The van der Waals surface area contributed by atoms with E-state index in [0.29, 0.717) is 12.5 Å². The Morgan fingerprint density at radius 2 is 2.04 bits per heavy atom. The normalized spacial score (nSPS) is 18.1. The zero-order chi connectivity index (χ0) is 18.5. The highest BCUT2D eigenvalue weighted by Crippen LogP contribution is 2.40. The molecule has 136 valence electrons. The Morgan fingerprint density at radius 1 is 1.27 bits per heavy atom. The van der Waals surface area contributed by atoms with Crippen LogP contribution in [0.5, 0.6) is 0 Å². The molecule has 3 rings (SSSR count). The molecule has 0 radical (unpaired) electrons. The van der Waals surface area contributed by atoms with Gasteiger partial charge in [-0.15, -0.1) is 0 Å². The van der Waals surface area contributed by atoms with Gasteiger partial charge >= 0.3 is 0 Å². The fourth-order valence-corrected chi connectivity index (χ4v) is 3.30. The Hall–Kier alpha value is -2.39. The average Bonchev–Trinajstić information content (AvgIpc) is 2.61. The first-order valence-corrected chi connectivity index (χ1v) is 9.13. The summed E-state index contributed by atoms with van der Waals surface area (Å²) in [6.45, 7) is 6.75. The highest BCUT2D eigenvalue weighted by molar-refractivity contribution is 5.68. The lowest BCUT2D eigenvalue weighted by Crippen LogP contribution is -2.14. The van der Waals surface area contributed by atoms with E-state index in [2.05, 4.69) is 48.3 Å². The van der Waals surface area contributed by atoms with Crippen molar-refractivity contribution < 1.29 is 9.47 Å². The van der Waals surface area contributed by atoms with Crippen molar-refractivity contribution in [2.24, 2.45) is 0 Å². The van der Waals surface area contributed by atoms with Crippen LogP contribution in [0.15, 0.2) is 66.1 Å². The summed E-state index contributed by atoms with van der Waals surface area (Å²) in [4.78, 5) is 4.60. The Morgan fingerprint density at radius 3 is 2.77 bits per heavy atom. The van der Waals surface area contributed by atoms with Gasteiger partial charge < -0.3 is 9.47 Å². The van der Waals surface area contributed by atoms with Crippen molar-refractivity contribution in [2.75, 3.05) is 13.7 Å². The molecule has 3 heteroatoms. The number of pyridine rings is 1. The van der Waals surface area contributed by atoms with Crippen molar-refractivity contribution in [3.05, 3.63) is 77.2 Å². The molecule has 0 N–H and O–H groups in total. The van der Waals surface area contributed by atoms with E-state index in [1.807, 2.05) is 32.2 Å². The Labute approximate surface area is 156 Å². The van der Waals surface area contributed by atoms with Crippen molar-refractivity contribution in [2.45, 2.75) is 39.2 Å². The molecule has 1 aromatic heterocycles. The van der Waals surface area contributed by atoms with Crippen molar-refractivity contribution >= 4 is 0 Å². The molecule has 2 atom stereocenters. The van der Waals surface area contributed by atoms with E-state index in [9.17, 15) is 0 Å². The standard InChI is InChI=1S/C23H27NO2/c1-16-8-7-11-24-23(16)22-10-6-5-9-21(22)20-13-19(14-20)15-26-18(3)12-17(2)25-4/h5-13,17,20H,14-15H2,1-4H3/b18-12-. The van der Waals surface area contributed by atoms with Crippen LogP contribution in [-0.4, -0.2) is 24.8 Å². The van der Waals surface area contributed by atoms with Gasteiger partial charge in [0, 0.05) is 24.8 Å². The summed E-state index contributed by atoms with van der Waals surface area (Å²) >= 11 is 0. The molecule has 0 fully saturated rings. The first-order chi connectivity index (χ1) is 12.6. The summed E-state index contributed by atoms with van der Waals surface area (Å²) < 4.78 is 11.1. The quantitative estimate of drug-likeness (QED) is 0.493. The Bertz CT molecular complexity index is 822. The summed E-state index contributed by atoms with van der Waals surface area (Å²) in [6.07, 6.45) is 7.30. The van der Waals surface area contributed by atoms with Crippen LogP contribution in [0.3, 0.4) is 0 Å². The predicted molar refractivity (Wildman–Crippen MR) is 106 cm³/mol. The van der Waals surface area contributed by atoms with E-state index in [0.717, 1.165) is 17.9 Å². The van der Waals surface area contributed by atoms with Crippen LogP contribution in [0, 0.1) is 6.92 Å². The molecule has 1 aliphatic rings. The molecular formula is C23H27NO2. The zero-order valence-electron chi connectivity index (χ0n) is 16.0. The smallest absolute Gasteiger partial charge is 0.109 e. The van der Waals surface area contributed by atoms with Gasteiger partial charge in [0.05, 0.1) is 17.6 Å². The van der Waals surface area contributed by atoms with Crippen molar-refractivity contribution in [1.82, 2.24) is 4.98 Å². The van der Waals surface area contributed by atoms with Crippen LogP contribution in [0.1, 0.15) is 37.3 Å². The monoisotopic (exact) mass is 349 g/mol. The lowest BCUT2D eigenvalue weighted by atomic mass is 9.79. The molecule has 26 heavy (non-hydrogen) atoms. The molecule has 2 unspecified atom stereocenters. The van der Waals surface area contributed by atoms with Gasteiger partial charge in [-0.05, 0) is 56.0 Å². The molecule has 2 aromatic rings. The van der Waals surface area contributed by atoms with Gasteiger partial charge in [-0.3, -0.25) is 4.98 Å². The number of benzene rings is 1. The maximum atomic E-state index is 5.84. The van der Waals surface area contributed by atoms with Crippen LogP contribution < -0.4 is 0 Å². The number of aromatic nitrogens is 1. The number of ether oxygens (including phenoxy) is 2. The number of nitrogens with zero attached hydrogens (tertiary/aromatic N) is 1. The van der Waals surface area contributed by atoms with E-state index in [-0.39, 0.29) is 6.10 Å². The number of aryl methyl sites for hydroxylation is 1. The van der Waals surface area contributed by atoms with Crippen molar-refractivity contribution in [1.29, 1.82) is 0 Å². The minimum absolute atomic E-state index is 0.0756. The van der Waals surface area contributed by atoms with Crippen LogP contribution in [0.25, 0.3) is 11.3 Å². The number of rotatable bonds is 7. The third-order valence-electron chi connectivity index (χ3n) is 4.87. The second-order valence-electron chi connectivity index (χ2n) is 6.90. The SMILES string of the molecule is COC(C)/C=C(/C)OCC1=CC(c2ccccc2-c2ncccc2C)C1. The van der Waals surface area contributed by atoms with Crippen LogP contribution >= 0.6 is 0 Å². The maximum absolute atomic E-state index is 5.84. The Kier molecular flexibility index (Phi) is 5.89. The second-order valence-corrected chi connectivity index (χ2v) is 6.90. The maximum Gasteiger partial charge on any atom is 0.109 e. The molecule has 0 spiro atoms. The van der Waals surface area contributed by atoms with E-state index >= 15 is 0 Å². The molecule has 0 amide bonds. The molecule has 0 saturated carbocycles. The number of hydrogen-bond acceptors (Lipinski definition) is 3. The topological polar surface area (TPSA) is 31.4 Å². The third kappa shape index (κ3) is 4.23. The van der Waals surface area contributed by atoms with Gasteiger partial charge in [-0.2, -0.15) is 0 Å². The van der Waals surface area contributed by atoms with Crippen LogP contribution in [-0.2, 0) is 9.47 Å². The summed E-state index contributed by atoms with van der Waals surface area (Å²) in [6, 6.07) is 12.7. The predicted octanol–water partition coefficient (Wildman–Crippen LogP) is 5.43. The summed E-state index contributed by atoms with van der Waals surface area (Å²) in [7, 11) is 1.70. The zero-order valence-corrected chi connectivity index (χ0v) is 16.0. The lowest BCUT2D eigenvalue weighted by Gasteiger charge is -2.28. The van der Waals surface area contributed by atoms with Gasteiger partial charge in [0.15, 0.2) is 0 Å². The molecular weight excluding hydrogens is 322 g/mol. The second kappa shape index (κ2) is 8.33. The third-order valence-corrected chi connectivity index (χ3v) is 4.87. The molecule has 0 aliphatic heterocycles. The fraction of sp³-hybridized carbons (Fsp3) is 0.348. The molecule has 0 bridgehead atoms. The summed E-state index contributed by atoms with van der Waals surface area (Å²) in [5, 5.41) is 0. The van der Waals surface area contributed by atoms with E-state index in [1.165, 1.54) is 22.3 Å². The van der Waals surface area contributed by atoms with Gasteiger partial charge in [-0.25, -0.2) is 0 Å². The van der Waals surface area contributed by atoms with Crippen molar-refractivity contribution in [3.63, 3.8) is 0 Å². The average molecular weight is 349 g/mol. The molecule has 3 nitrogen and oxygen atoms in total. The highest BCUT2D eigenvalue weighted by atomic mass is 16.5. The first-order valence-electron chi connectivity index (χ1n) is 9.13. The Balaban J connectivity index is 1.70. The lowest BCUT2D eigenvalue weighted by molar-refractivity contribution is 0.147. The largest absolute Gasteiger partial charge is 0.494 e. The highest BCUT2D eigenvalue weighted by Gasteiger charge is 2.24. The summed E-state index contributed by atoms with van der Waals surface area (Å²) in [5.74, 6) is 1.35. The minimum atomic E-state index is 0.0756. The number of methoxy groups -OCH3 is 1. The van der Waals surface area contributed by atoms with E-state index in [4.69, 9.17) is 9.47 Å². The molecule has 0 saturated heterocycles. The van der Waals surface area contributed by atoms with Gasteiger partial charge in [-0.1, -0.05) is 36.4 Å². The van der Waals surface area contributed by atoms with E-state index in [1.54, 1.807) is 7.11 Å². The number of hydrogen-bond donors (Lipinski definition) is 0. The van der Waals surface area contributed by atoms with Crippen LogP contribution in [0.2, 0.25) is 0 Å². The fourth-order valence-electron chi connectivity index (χ4n) is 3.30. The first kappa shape index (κ1) is 18.4. The van der Waals surface area contributed by atoms with Crippen LogP contribution in [0.4, 0.5) is 0 Å². The molecule has 1 aromatic carbocycles. The molecule has 1 heterocycles. The number of allylic oxidation sites excluding steroid dienone is 2. The van der Waals surface area contributed by atoms with Gasteiger partial charge in [0.1, 0.15) is 6.61 Å². The van der Waals surface area contributed by atoms with Crippen molar-refractivity contribution in [3.8, 4) is 11.3 Å². The minimum Gasteiger partial charge on any atom is -0.494 e. The van der Waals surface area contributed by atoms with Gasteiger partial charge in [0.25, 0.3) is 0 Å². The molecule has 1 aliphatic carbocycles.